The minimum atomic E-state index is -3.57. The highest BCUT2D eigenvalue weighted by molar-refractivity contribution is 7.90. The molecule has 0 aromatic heterocycles. The van der Waals surface area contributed by atoms with Gasteiger partial charge in [-0.25, -0.2) is 16.8 Å². The van der Waals surface area contributed by atoms with E-state index in [1.54, 1.807) is 43.3 Å². The number of rotatable bonds is 8. The second-order valence-corrected chi connectivity index (χ2v) is 10.6. The monoisotopic (exact) mass is 424 g/mol. The van der Waals surface area contributed by atoms with Crippen molar-refractivity contribution in [3.63, 3.8) is 0 Å². The summed E-state index contributed by atoms with van der Waals surface area (Å²) in [5.41, 5.74) is 1.50. The highest BCUT2D eigenvalue weighted by atomic mass is 32.2. The molecule has 0 saturated heterocycles. The van der Waals surface area contributed by atoms with Crippen LogP contribution in [0.5, 0.6) is 0 Å². The summed E-state index contributed by atoms with van der Waals surface area (Å²) in [4.78, 5) is 12.6. The molecule has 0 heterocycles. The Balaban J connectivity index is 2.05. The number of sulfone groups is 1. The van der Waals surface area contributed by atoms with Crippen LogP contribution in [0.1, 0.15) is 24.1 Å². The third-order valence-corrected chi connectivity index (χ3v) is 6.50. The van der Waals surface area contributed by atoms with Crippen LogP contribution in [0.15, 0.2) is 59.5 Å². The Bertz CT molecular complexity index is 1020. The van der Waals surface area contributed by atoms with Gasteiger partial charge in [0.05, 0.1) is 23.7 Å². The van der Waals surface area contributed by atoms with Crippen LogP contribution >= 0.6 is 0 Å². The molecule has 2 rings (SSSR count). The number of nitrogens with zero attached hydrogens (tertiary/aromatic N) is 1. The van der Waals surface area contributed by atoms with Gasteiger partial charge in [-0.15, -0.1) is 0 Å². The summed E-state index contributed by atoms with van der Waals surface area (Å²) >= 11 is 0. The Hall–Kier alpha value is -2.23. The van der Waals surface area contributed by atoms with Gasteiger partial charge in [0.15, 0.2) is 9.84 Å². The predicted octanol–water partition coefficient (Wildman–Crippen LogP) is 1.73. The fourth-order valence-electron chi connectivity index (χ4n) is 2.61. The van der Waals surface area contributed by atoms with Crippen molar-refractivity contribution in [3.8, 4) is 0 Å². The zero-order chi connectivity index (χ0) is 20.9. The molecule has 9 heteroatoms. The van der Waals surface area contributed by atoms with Gasteiger partial charge in [-0.1, -0.05) is 42.5 Å². The molecule has 0 aliphatic heterocycles. The van der Waals surface area contributed by atoms with Crippen LogP contribution in [0.25, 0.3) is 0 Å². The third-order valence-electron chi connectivity index (χ3n) is 4.18. The van der Waals surface area contributed by atoms with E-state index in [4.69, 9.17) is 0 Å². The summed E-state index contributed by atoms with van der Waals surface area (Å²) in [5, 5.41) is 2.75. The quantitative estimate of drug-likeness (QED) is 0.696. The van der Waals surface area contributed by atoms with E-state index >= 15 is 0 Å². The number of carbonyl (C=O) groups excluding carboxylic acids is 1. The van der Waals surface area contributed by atoms with Gasteiger partial charge in [-0.3, -0.25) is 4.79 Å². The molecule has 0 radical (unpaired) electrons. The SMILES string of the molecule is CC(NC(=O)CN(Cc1ccccc1)S(C)(=O)=O)c1ccc(S(C)(=O)=O)cc1. The van der Waals surface area contributed by atoms with Gasteiger partial charge in [0, 0.05) is 12.8 Å². The van der Waals surface area contributed by atoms with Crippen molar-refractivity contribution >= 4 is 25.8 Å². The van der Waals surface area contributed by atoms with E-state index in [1.165, 1.54) is 12.1 Å². The van der Waals surface area contributed by atoms with Gasteiger partial charge in [-0.05, 0) is 30.2 Å². The van der Waals surface area contributed by atoms with Crippen molar-refractivity contribution in [2.75, 3.05) is 19.1 Å². The van der Waals surface area contributed by atoms with Crippen LogP contribution in [-0.4, -0.2) is 46.1 Å². The van der Waals surface area contributed by atoms with Gasteiger partial charge in [0.1, 0.15) is 0 Å². The largest absolute Gasteiger partial charge is 0.348 e. The summed E-state index contributed by atoms with van der Waals surface area (Å²) in [7, 11) is -6.87. The molecule has 7 nitrogen and oxygen atoms in total. The maximum Gasteiger partial charge on any atom is 0.235 e. The highest BCUT2D eigenvalue weighted by Gasteiger charge is 2.21. The first-order chi connectivity index (χ1) is 13.0. The number of amides is 1. The number of hydrogen-bond acceptors (Lipinski definition) is 5. The molecule has 0 aliphatic carbocycles. The smallest absolute Gasteiger partial charge is 0.235 e. The van der Waals surface area contributed by atoms with E-state index in [0.717, 1.165) is 27.9 Å². The van der Waals surface area contributed by atoms with Crippen LogP contribution in [0.2, 0.25) is 0 Å². The molecule has 0 fully saturated rings. The van der Waals surface area contributed by atoms with Crippen molar-refractivity contribution in [1.82, 2.24) is 9.62 Å². The first-order valence-corrected chi connectivity index (χ1v) is 12.3. The summed E-state index contributed by atoms with van der Waals surface area (Å²) in [6, 6.07) is 14.8. The Morgan fingerprint density at radius 3 is 2.04 bits per heavy atom. The molecule has 28 heavy (non-hydrogen) atoms. The van der Waals surface area contributed by atoms with Gasteiger partial charge in [-0.2, -0.15) is 4.31 Å². The Morgan fingerprint density at radius 2 is 1.54 bits per heavy atom. The second kappa shape index (κ2) is 8.85. The molecule has 1 amide bonds. The number of hydrogen-bond donors (Lipinski definition) is 1. The van der Waals surface area contributed by atoms with Gasteiger partial charge in [0.25, 0.3) is 0 Å². The molecular formula is C19H24N2O5S2. The maximum absolute atomic E-state index is 12.4. The van der Waals surface area contributed by atoms with E-state index in [0.29, 0.717) is 0 Å². The van der Waals surface area contributed by atoms with Gasteiger partial charge < -0.3 is 5.32 Å². The molecule has 1 atom stereocenters. The number of nitrogens with one attached hydrogen (secondary N) is 1. The fraction of sp³-hybridized carbons (Fsp3) is 0.316. The summed E-state index contributed by atoms with van der Waals surface area (Å²) in [5.74, 6) is -0.443. The molecule has 1 unspecified atom stereocenters. The van der Waals surface area contributed by atoms with Crippen molar-refractivity contribution in [1.29, 1.82) is 0 Å². The molecule has 0 spiro atoms. The summed E-state index contributed by atoms with van der Waals surface area (Å²) in [6.07, 6.45) is 2.19. The standard InChI is InChI=1S/C19H24N2O5S2/c1-15(17-9-11-18(12-10-17)27(2,23)24)20-19(22)14-21(28(3,25)26)13-16-7-5-4-6-8-16/h4-12,15H,13-14H2,1-3H3,(H,20,22). The van der Waals surface area contributed by atoms with Crippen LogP contribution in [0, 0.1) is 0 Å². The van der Waals surface area contributed by atoms with Gasteiger partial charge in [0.2, 0.25) is 15.9 Å². The maximum atomic E-state index is 12.4. The molecule has 2 aromatic rings. The highest BCUT2D eigenvalue weighted by Crippen LogP contribution is 2.16. The van der Waals surface area contributed by atoms with Crippen LogP contribution in [0.4, 0.5) is 0 Å². The molecular weight excluding hydrogens is 400 g/mol. The van der Waals surface area contributed by atoms with Crippen molar-refractivity contribution in [2.45, 2.75) is 24.4 Å². The lowest BCUT2D eigenvalue weighted by atomic mass is 10.1. The van der Waals surface area contributed by atoms with E-state index in [2.05, 4.69) is 5.32 Å². The first kappa shape index (κ1) is 22.1. The van der Waals surface area contributed by atoms with E-state index in [9.17, 15) is 21.6 Å². The Morgan fingerprint density at radius 1 is 0.964 bits per heavy atom. The summed E-state index contributed by atoms with van der Waals surface area (Å²) < 4.78 is 48.3. The van der Waals surface area contributed by atoms with E-state index in [-0.39, 0.29) is 18.0 Å². The average Bonchev–Trinajstić information content (AvgIpc) is 2.60. The lowest BCUT2D eigenvalue weighted by molar-refractivity contribution is -0.122. The molecule has 1 N–H and O–H groups in total. The van der Waals surface area contributed by atoms with Crippen LogP contribution in [-0.2, 0) is 31.2 Å². The lowest BCUT2D eigenvalue weighted by Crippen LogP contribution is -2.40. The van der Waals surface area contributed by atoms with E-state index in [1.807, 2.05) is 6.07 Å². The fourth-order valence-corrected chi connectivity index (χ4v) is 3.98. The zero-order valence-electron chi connectivity index (χ0n) is 16.0. The minimum absolute atomic E-state index is 0.102. The second-order valence-electron chi connectivity index (χ2n) is 6.65. The molecule has 152 valence electrons. The van der Waals surface area contributed by atoms with E-state index < -0.39 is 31.8 Å². The van der Waals surface area contributed by atoms with Crippen molar-refractivity contribution < 1.29 is 21.6 Å². The molecule has 0 aliphatic rings. The first-order valence-electron chi connectivity index (χ1n) is 8.55. The predicted molar refractivity (Wildman–Crippen MR) is 108 cm³/mol. The zero-order valence-corrected chi connectivity index (χ0v) is 17.6. The molecule has 0 bridgehead atoms. The Labute approximate surface area is 166 Å². The number of benzene rings is 2. The van der Waals surface area contributed by atoms with Crippen molar-refractivity contribution in [3.05, 3.63) is 65.7 Å². The minimum Gasteiger partial charge on any atom is -0.348 e. The van der Waals surface area contributed by atoms with Crippen LogP contribution in [0.3, 0.4) is 0 Å². The number of carbonyl (C=O) groups is 1. The normalized spacial score (nSPS) is 13.3. The molecule has 2 aromatic carbocycles. The van der Waals surface area contributed by atoms with Gasteiger partial charge >= 0.3 is 0 Å². The Kier molecular flexibility index (Phi) is 6.97. The third kappa shape index (κ3) is 6.43. The van der Waals surface area contributed by atoms with Crippen LogP contribution < -0.4 is 5.32 Å². The van der Waals surface area contributed by atoms with Crippen molar-refractivity contribution in [2.24, 2.45) is 0 Å². The molecule has 0 saturated carbocycles. The average molecular weight is 425 g/mol. The lowest BCUT2D eigenvalue weighted by Gasteiger charge is -2.21. The topological polar surface area (TPSA) is 101 Å². The number of sulfonamides is 1. The summed E-state index contributed by atoms with van der Waals surface area (Å²) in [6.45, 7) is 1.54.